The van der Waals surface area contributed by atoms with E-state index in [4.69, 9.17) is 0 Å². The van der Waals surface area contributed by atoms with E-state index in [0.717, 1.165) is 18.4 Å². The predicted octanol–water partition coefficient (Wildman–Crippen LogP) is 1.51. The Bertz CT molecular complexity index is 388. The summed E-state index contributed by atoms with van der Waals surface area (Å²) in [7, 11) is 0. The van der Waals surface area contributed by atoms with Crippen molar-refractivity contribution in [3.8, 4) is 0 Å². The lowest BCUT2D eigenvalue weighted by Crippen LogP contribution is -2.43. The van der Waals surface area contributed by atoms with E-state index < -0.39 is 0 Å². The third kappa shape index (κ3) is 1.87. The van der Waals surface area contributed by atoms with Crippen LogP contribution in [0, 0.1) is 11.8 Å². The Morgan fingerprint density at radius 1 is 1.35 bits per heavy atom. The first-order valence-electron chi connectivity index (χ1n) is 6.52. The van der Waals surface area contributed by atoms with Crippen LogP contribution in [-0.4, -0.2) is 35.1 Å². The van der Waals surface area contributed by atoms with Gasteiger partial charge in [0.2, 0.25) is 0 Å². The molecule has 2 unspecified atom stereocenters. The van der Waals surface area contributed by atoms with E-state index in [1.54, 1.807) is 0 Å². The van der Waals surface area contributed by atoms with Crippen molar-refractivity contribution in [1.82, 2.24) is 15.2 Å². The van der Waals surface area contributed by atoms with Crippen molar-refractivity contribution >= 4 is 0 Å². The fraction of sp³-hybridized carbons (Fsp3) is 0.643. The number of hydrogen-bond acceptors (Lipinski definition) is 3. The molecule has 1 aromatic rings. The highest BCUT2D eigenvalue weighted by atomic mass is 15.2. The second-order valence-electron chi connectivity index (χ2n) is 5.91. The molecule has 3 heteroatoms. The predicted molar refractivity (Wildman–Crippen MR) is 68.6 cm³/mol. The normalized spacial score (nSPS) is 31.6. The SMILES string of the molecule is CC1(C)C2CNCC2CN1Cc1ccncc1. The average molecular weight is 231 g/mol. The van der Waals surface area contributed by atoms with Crippen LogP contribution in [0.1, 0.15) is 19.4 Å². The van der Waals surface area contributed by atoms with Gasteiger partial charge in [0.25, 0.3) is 0 Å². The van der Waals surface area contributed by atoms with Crippen LogP contribution in [0.4, 0.5) is 0 Å². The molecule has 0 spiro atoms. The molecule has 1 N–H and O–H groups in total. The Balaban J connectivity index is 1.77. The molecule has 2 aliphatic heterocycles. The van der Waals surface area contributed by atoms with Gasteiger partial charge in [-0.3, -0.25) is 9.88 Å². The maximum Gasteiger partial charge on any atom is 0.0271 e. The summed E-state index contributed by atoms with van der Waals surface area (Å²) >= 11 is 0. The number of fused-ring (bicyclic) bond motifs is 1. The number of nitrogens with zero attached hydrogens (tertiary/aromatic N) is 2. The molecule has 17 heavy (non-hydrogen) atoms. The van der Waals surface area contributed by atoms with Gasteiger partial charge in [0.15, 0.2) is 0 Å². The van der Waals surface area contributed by atoms with Crippen molar-refractivity contribution in [2.24, 2.45) is 11.8 Å². The molecule has 0 bridgehead atoms. The van der Waals surface area contributed by atoms with Crippen LogP contribution in [0.3, 0.4) is 0 Å². The lowest BCUT2D eigenvalue weighted by molar-refractivity contribution is 0.132. The first-order chi connectivity index (χ1) is 8.18. The molecule has 3 heterocycles. The van der Waals surface area contributed by atoms with Crippen LogP contribution < -0.4 is 5.32 Å². The van der Waals surface area contributed by atoms with Gasteiger partial charge in [-0.05, 0) is 49.9 Å². The van der Waals surface area contributed by atoms with Gasteiger partial charge in [0, 0.05) is 37.6 Å². The Kier molecular flexibility index (Phi) is 2.68. The maximum atomic E-state index is 4.09. The number of pyridine rings is 1. The van der Waals surface area contributed by atoms with Crippen molar-refractivity contribution < 1.29 is 0 Å². The number of hydrogen-bond donors (Lipinski definition) is 1. The molecule has 2 atom stereocenters. The van der Waals surface area contributed by atoms with Gasteiger partial charge in [-0.2, -0.15) is 0 Å². The molecule has 3 nitrogen and oxygen atoms in total. The number of rotatable bonds is 2. The van der Waals surface area contributed by atoms with Gasteiger partial charge in [0.1, 0.15) is 0 Å². The van der Waals surface area contributed by atoms with Gasteiger partial charge < -0.3 is 5.32 Å². The Morgan fingerprint density at radius 3 is 2.82 bits per heavy atom. The zero-order chi connectivity index (χ0) is 11.9. The second kappa shape index (κ2) is 4.07. The number of nitrogens with one attached hydrogen (secondary N) is 1. The molecule has 0 saturated carbocycles. The molecule has 2 fully saturated rings. The van der Waals surface area contributed by atoms with Crippen molar-refractivity contribution in [3.63, 3.8) is 0 Å². The van der Waals surface area contributed by atoms with Crippen LogP contribution >= 0.6 is 0 Å². The van der Waals surface area contributed by atoms with Crippen LogP contribution in [0.2, 0.25) is 0 Å². The molecular formula is C14H21N3. The largest absolute Gasteiger partial charge is 0.316 e. The summed E-state index contributed by atoms with van der Waals surface area (Å²) in [4.78, 5) is 6.72. The van der Waals surface area contributed by atoms with E-state index >= 15 is 0 Å². The van der Waals surface area contributed by atoms with Crippen LogP contribution in [-0.2, 0) is 6.54 Å². The van der Waals surface area contributed by atoms with Gasteiger partial charge >= 0.3 is 0 Å². The van der Waals surface area contributed by atoms with Gasteiger partial charge in [0.05, 0.1) is 0 Å². The van der Waals surface area contributed by atoms with E-state index in [-0.39, 0.29) is 0 Å². The quantitative estimate of drug-likeness (QED) is 0.836. The van der Waals surface area contributed by atoms with Crippen molar-refractivity contribution in [2.75, 3.05) is 19.6 Å². The van der Waals surface area contributed by atoms with Crippen LogP contribution in [0.15, 0.2) is 24.5 Å². The van der Waals surface area contributed by atoms with Crippen molar-refractivity contribution in [3.05, 3.63) is 30.1 Å². The first kappa shape index (κ1) is 11.2. The second-order valence-corrected chi connectivity index (χ2v) is 5.91. The number of likely N-dealkylation sites (tertiary alicyclic amines) is 1. The van der Waals surface area contributed by atoms with E-state index in [0.29, 0.717) is 5.54 Å². The molecule has 2 aliphatic rings. The minimum Gasteiger partial charge on any atom is -0.316 e. The third-order valence-electron chi connectivity index (χ3n) is 4.64. The zero-order valence-corrected chi connectivity index (χ0v) is 10.7. The summed E-state index contributed by atoms with van der Waals surface area (Å²) in [6, 6.07) is 4.25. The van der Waals surface area contributed by atoms with Gasteiger partial charge in [-0.25, -0.2) is 0 Å². The average Bonchev–Trinajstić information content (AvgIpc) is 2.85. The summed E-state index contributed by atoms with van der Waals surface area (Å²) in [6.45, 7) is 9.46. The van der Waals surface area contributed by atoms with Crippen LogP contribution in [0.5, 0.6) is 0 Å². The highest BCUT2D eigenvalue weighted by Crippen LogP contribution is 2.41. The van der Waals surface area contributed by atoms with Gasteiger partial charge in [-0.1, -0.05) is 0 Å². The summed E-state index contributed by atoms with van der Waals surface area (Å²) in [5.74, 6) is 1.65. The summed E-state index contributed by atoms with van der Waals surface area (Å²) in [5.41, 5.74) is 1.69. The molecule has 1 aromatic heterocycles. The Hall–Kier alpha value is -0.930. The van der Waals surface area contributed by atoms with E-state index in [9.17, 15) is 0 Å². The van der Waals surface area contributed by atoms with E-state index in [2.05, 4.69) is 41.2 Å². The number of aromatic nitrogens is 1. The van der Waals surface area contributed by atoms with Crippen LogP contribution in [0.25, 0.3) is 0 Å². The molecule has 3 rings (SSSR count). The summed E-state index contributed by atoms with van der Waals surface area (Å²) in [5, 5.41) is 3.53. The summed E-state index contributed by atoms with van der Waals surface area (Å²) in [6.07, 6.45) is 3.78. The lowest BCUT2D eigenvalue weighted by Gasteiger charge is -2.35. The standard InChI is InChI=1S/C14H21N3/c1-14(2)13-8-16-7-12(13)10-17(14)9-11-3-5-15-6-4-11/h3-6,12-13,16H,7-10H2,1-2H3. The monoisotopic (exact) mass is 231 g/mol. The van der Waals surface area contributed by atoms with E-state index in [1.807, 2.05) is 12.4 Å². The zero-order valence-electron chi connectivity index (χ0n) is 10.7. The smallest absolute Gasteiger partial charge is 0.0271 e. The summed E-state index contributed by atoms with van der Waals surface area (Å²) < 4.78 is 0. The maximum absolute atomic E-state index is 4.09. The van der Waals surface area contributed by atoms with E-state index in [1.165, 1.54) is 25.2 Å². The minimum atomic E-state index is 0.317. The Labute approximate surface area is 103 Å². The molecule has 0 amide bonds. The lowest BCUT2D eigenvalue weighted by atomic mass is 9.85. The molecular weight excluding hydrogens is 210 g/mol. The fourth-order valence-corrected chi connectivity index (χ4v) is 3.48. The third-order valence-corrected chi connectivity index (χ3v) is 4.64. The molecule has 0 radical (unpaired) electrons. The molecule has 0 aromatic carbocycles. The topological polar surface area (TPSA) is 28.2 Å². The highest BCUT2D eigenvalue weighted by molar-refractivity contribution is 5.13. The Morgan fingerprint density at radius 2 is 2.12 bits per heavy atom. The highest BCUT2D eigenvalue weighted by Gasteiger charge is 2.49. The molecule has 2 saturated heterocycles. The van der Waals surface area contributed by atoms with Crippen molar-refractivity contribution in [1.29, 1.82) is 0 Å². The minimum absolute atomic E-state index is 0.317. The molecule has 0 aliphatic carbocycles. The van der Waals surface area contributed by atoms with Crippen molar-refractivity contribution in [2.45, 2.75) is 25.9 Å². The first-order valence-corrected chi connectivity index (χ1v) is 6.52. The fourth-order valence-electron chi connectivity index (χ4n) is 3.48. The molecule has 92 valence electrons. The van der Waals surface area contributed by atoms with Gasteiger partial charge in [-0.15, -0.1) is 0 Å².